The van der Waals surface area contributed by atoms with Gasteiger partial charge in [0.25, 0.3) is 0 Å². The smallest absolute Gasteiger partial charge is 0.319 e. The molecule has 0 bridgehead atoms. The zero-order valence-electron chi connectivity index (χ0n) is 17.1. The van der Waals surface area contributed by atoms with Crippen molar-refractivity contribution < 1.29 is 23.4 Å². The van der Waals surface area contributed by atoms with E-state index in [1.807, 2.05) is 0 Å². The minimum atomic E-state index is -0.828. The van der Waals surface area contributed by atoms with Crippen molar-refractivity contribution in [3.63, 3.8) is 0 Å². The molecule has 0 saturated carbocycles. The van der Waals surface area contributed by atoms with Crippen LogP contribution >= 0.6 is 11.6 Å². The molecule has 1 heterocycles. The van der Waals surface area contributed by atoms with Crippen molar-refractivity contribution in [3.8, 4) is 5.75 Å². The standard InChI is InChI=1S/C22H26ClF2N3O3/c1-31-16-9-18(24)21(19(25)10-16)17-11-20(29)27-12-13(17)3-2-8-26-22(30)28-15-6-4-14(23)5-7-15/h4-7,9-10,13,17,20,27,29H,2-3,8,11-12H2,1H3,(H2,26,28,30). The lowest BCUT2D eigenvalue weighted by molar-refractivity contribution is 0.0708. The second-order valence-corrected chi connectivity index (χ2v) is 8.00. The van der Waals surface area contributed by atoms with Crippen molar-refractivity contribution in [2.75, 3.05) is 25.5 Å². The van der Waals surface area contributed by atoms with Gasteiger partial charge in [0.05, 0.1) is 7.11 Å². The normalized spacial score (nSPS) is 20.9. The van der Waals surface area contributed by atoms with Crippen LogP contribution in [0.4, 0.5) is 19.3 Å². The molecular formula is C22H26ClF2N3O3. The van der Waals surface area contributed by atoms with E-state index in [4.69, 9.17) is 16.3 Å². The molecule has 31 heavy (non-hydrogen) atoms. The summed E-state index contributed by atoms with van der Waals surface area (Å²) in [5.41, 5.74) is 0.595. The molecule has 6 nitrogen and oxygen atoms in total. The minimum Gasteiger partial charge on any atom is -0.497 e. The van der Waals surface area contributed by atoms with E-state index in [-0.39, 0.29) is 29.7 Å². The fraction of sp³-hybridized carbons (Fsp3) is 0.409. The summed E-state index contributed by atoms with van der Waals surface area (Å²) in [5.74, 6) is -1.82. The Bertz CT molecular complexity index is 875. The number of amides is 2. The molecule has 2 aromatic rings. The first-order valence-corrected chi connectivity index (χ1v) is 10.5. The summed E-state index contributed by atoms with van der Waals surface area (Å²) in [7, 11) is 1.35. The van der Waals surface area contributed by atoms with Gasteiger partial charge in [0.2, 0.25) is 0 Å². The van der Waals surface area contributed by atoms with Crippen LogP contribution in [0.2, 0.25) is 5.02 Å². The Morgan fingerprint density at radius 1 is 1.26 bits per heavy atom. The van der Waals surface area contributed by atoms with Crippen LogP contribution in [0.3, 0.4) is 0 Å². The Balaban J connectivity index is 1.56. The molecule has 1 aliphatic rings. The fourth-order valence-electron chi connectivity index (χ4n) is 3.91. The highest BCUT2D eigenvalue weighted by atomic mass is 35.5. The molecule has 3 rings (SSSR count). The number of nitrogens with one attached hydrogen (secondary N) is 3. The number of halogens is 3. The summed E-state index contributed by atoms with van der Waals surface area (Å²) < 4.78 is 34.1. The van der Waals surface area contributed by atoms with E-state index in [1.54, 1.807) is 24.3 Å². The predicted molar refractivity (Wildman–Crippen MR) is 115 cm³/mol. The van der Waals surface area contributed by atoms with Crippen molar-refractivity contribution in [1.82, 2.24) is 10.6 Å². The lowest BCUT2D eigenvalue weighted by Crippen LogP contribution is -2.43. The summed E-state index contributed by atoms with van der Waals surface area (Å²) in [6.07, 6.45) is 0.614. The molecule has 0 aliphatic carbocycles. The molecular weight excluding hydrogens is 428 g/mol. The number of aliphatic hydroxyl groups excluding tert-OH is 1. The average molecular weight is 454 g/mol. The highest BCUT2D eigenvalue weighted by Gasteiger charge is 2.34. The van der Waals surface area contributed by atoms with Crippen LogP contribution in [0.5, 0.6) is 5.75 Å². The first-order chi connectivity index (χ1) is 14.9. The molecule has 1 aliphatic heterocycles. The Labute approximate surface area is 184 Å². The van der Waals surface area contributed by atoms with Gasteiger partial charge in [-0.05, 0) is 55.4 Å². The van der Waals surface area contributed by atoms with Crippen molar-refractivity contribution in [1.29, 1.82) is 0 Å². The summed E-state index contributed by atoms with van der Waals surface area (Å²) in [6, 6.07) is 8.73. The zero-order chi connectivity index (χ0) is 22.4. The van der Waals surface area contributed by atoms with Gasteiger partial charge in [-0.2, -0.15) is 0 Å². The van der Waals surface area contributed by atoms with E-state index in [0.29, 0.717) is 36.6 Å². The molecule has 3 unspecified atom stereocenters. The van der Waals surface area contributed by atoms with E-state index < -0.39 is 23.8 Å². The number of hydrogen-bond acceptors (Lipinski definition) is 4. The van der Waals surface area contributed by atoms with Crippen LogP contribution in [0.15, 0.2) is 36.4 Å². The Morgan fingerprint density at radius 2 is 1.94 bits per heavy atom. The van der Waals surface area contributed by atoms with Crippen LogP contribution < -0.4 is 20.7 Å². The fourth-order valence-corrected chi connectivity index (χ4v) is 4.04. The molecule has 1 saturated heterocycles. The molecule has 0 spiro atoms. The highest BCUT2D eigenvalue weighted by Crippen LogP contribution is 2.38. The van der Waals surface area contributed by atoms with Crippen molar-refractivity contribution in [3.05, 3.63) is 58.6 Å². The second-order valence-electron chi connectivity index (χ2n) is 7.56. The number of hydrogen-bond donors (Lipinski definition) is 4. The first-order valence-electron chi connectivity index (χ1n) is 10.1. The third-order valence-corrected chi connectivity index (χ3v) is 5.71. The van der Waals surface area contributed by atoms with Crippen LogP contribution in [0.25, 0.3) is 0 Å². The van der Waals surface area contributed by atoms with Crippen molar-refractivity contribution in [2.45, 2.75) is 31.4 Å². The lowest BCUT2D eigenvalue weighted by Gasteiger charge is -2.35. The first kappa shape index (κ1) is 23.2. The number of rotatable bonds is 7. The van der Waals surface area contributed by atoms with Crippen molar-refractivity contribution in [2.24, 2.45) is 5.92 Å². The van der Waals surface area contributed by atoms with Gasteiger partial charge >= 0.3 is 6.03 Å². The number of ether oxygens (including phenoxy) is 1. The number of benzene rings is 2. The van der Waals surface area contributed by atoms with E-state index in [2.05, 4.69) is 16.0 Å². The number of urea groups is 1. The SMILES string of the molecule is COc1cc(F)c(C2CC(O)NCC2CCCNC(=O)Nc2ccc(Cl)cc2)c(F)c1. The molecule has 2 aromatic carbocycles. The number of piperidine rings is 1. The maximum atomic E-state index is 14.6. The van der Waals surface area contributed by atoms with Gasteiger partial charge in [0, 0.05) is 41.5 Å². The van der Waals surface area contributed by atoms with Gasteiger partial charge in [-0.1, -0.05) is 11.6 Å². The summed E-state index contributed by atoms with van der Waals surface area (Å²) in [6.45, 7) is 0.826. The quantitative estimate of drug-likeness (QED) is 0.473. The van der Waals surface area contributed by atoms with Gasteiger partial charge in [-0.15, -0.1) is 0 Å². The van der Waals surface area contributed by atoms with Gasteiger partial charge in [0.1, 0.15) is 23.6 Å². The molecule has 2 amide bonds. The number of carbonyl (C=O) groups is 1. The second kappa shape index (κ2) is 10.7. The largest absolute Gasteiger partial charge is 0.497 e. The summed E-state index contributed by atoms with van der Waals surface area (Å²) in [4.78, 5) is 12.0. The zero-order valence-corrected chi connectivity index (χ0v) is 17.9. The number of anilines is 1. The van der Waals surface area contributed by atoms with Crippen molar-refractivity contribution >= 4 is 23.3 Å². The van der Waals surface area contributed by atoms with E-state index in [0.717, 1.165) is 12.1 Å². The van der Waals surface area contributed by atoms with E-state index in [1.165, 1.54) is 7.11 Å². The van der Waals surface area contributed by atoms with Crippen LogP contribution in [-0.2, 0) is 0 Å². The Hall–Kier alpha value is -2.42. The number of methoxy groups -OCH3 is 1. The molecule has 0 radical (unpaired) electrons. The van der Waals surface area contributed by atoms with Crippen LogP contribution in [0, 0.1) is 17.6 Å². The monoisotopic (exact) mass is 453 g/mol. The summed E-state index contributed by atoms with van der Waals surface area (Å²) >= 11 is 5.82. The number of aliphatic hydroxyl groups is 1. The third-order valence-electron chi connectivity index (χ3n) is 5.46. The van der Waals surface area contributed by atoms with E-state index in [9.17, 15) is 18.7 Å². The number of carbonyl (C=O) groups excluding carboxylic acids is 1. The molecule has 168 valence electrons. The van der Waals surface area contributed by atoms with Gasteiger partial charge in [0.15, 0.2) is 0 Å². The van der Waals surface area contributed by atoms with Crippen LogP contribution in [-0.4, -0.2) is 37.6 Å². The molecule has 0 aromatic heterocycles. The minimum absolute atomic E-state index is 0.0280. The van der Waals surface area contributed by atoms with E-state index >= 15 is 0 Å². The molecule has 4 N–H and O–H groups in total. The Kier molecular flexibility index (Phi) is 8.06. The van der Waals surface area contributed by atoms with Gasteiger partial charge in [-0.3, -0.25) is 5.32 Å². The molecule has 9 heteroatoms. The maximum absolute atomic E-state index is 14.6. The van der Waals surface area contributed by atoms with Gasteiger partial charge in [-0.25, -0.2) is 13.6 Å². The molecule has 3 atom stereocenters. The average Bonchev–Trinajstić information content (AvgIpc) is 2.73. The van der Waals surface area contributed by atoms with Gasteiger partial charge < -0.3 is 20.5 Å². The Morgan fingerprint density at radius 3 is 2.58 bits per heavy atom. The summed E-state index contributed by atoms with van der Waals surface area (Å²) in [5, 5.41) is 19.0. The third kappa shape index (κ3) is 6.29. The highest BCUT2D eigenvalue weighted by molar-refractivity contribution is 6.30. The molecule has 1 fully saturated rings. The predicted octanol–water partition coefficient (Wildman–Crippen LogP) is 4.24. The maximum Gasteiger partial charge on any atom is 0.319 e. The lowest BCUT2D eigenvalue weighted by atomic mass is 9.77. The van der Waals surface area contributed by atoms with Crippen LogP contribution in [0.1, 0.15) is 30.7 Å². The topological polar surface area (TPSA) is 82.6 Å².